The lowest BCUT2D eigenvalue weighted by Gasteiger charge is -2.40. The highest BCUT2D eigenvalue weighted by molar-refractivity contribution is 6.39. The Labute approximate surface area is 210 Å². The predicted octanol–water partition coefficient (Wildman–Crippen LogP) is 5.00. The highest BCUT2D eigenvalue weighted by atomic mass is 35.5. The normalized spacial score (nSPS) is 24.2. The summed E-state index contributed by atoms with van der Waals surface area (Å²) in [5, 5.41) is 0.549. The SMILES string of the molecule is Cc1ccc([C@H]2[C@H]3C(=O)OC(=O)[C@@H]3C3(C(=O)c4ccccc4C3=O)N2c2ccc(Cl)cc2Cl)cc1. The summed E-state index contributed by atoms with van der Waals surface area (Å²) < 4.78 is 5.06. The van der Waals surface area contributed by atoms with E-state index >= 15 is 0 Å². The Kier molecular flexibility index (Phi) is 4.72. The van der Waals surface area contributed by atoms with Gasteiger partial charge in [0.05, 0.1) is 22.7 Å². The Morgan fingerprint density at radius 2 is 1.46 bits per heavy atom. The zero-order valence-electron chi connectivity index (χ0n) is 18.3. The minimum atomic E-state index is -2.02. The van der Waals surface area contributed by atoms with E-state index in [1.165, 1.54) is 6.07 Å². The third-order valence-corrected chi connectivity index (χ3v) is 7.77. The van der Waals surface area contributed by atoms with Crippen molar-refractivity contribution in [3.05, 3.63) is 99.0 Å². The van der Waals surface area contributed by atoms with Crippen molar-refractivity contribution in [1.82, 2.24) is 0 Å². The molecule has 1 spiro atoms. The quantitative estimate of drug-likeness (QED) is 0.360. The van der Waals surface area contributed by atoms with Crippen LogP contribution in [0.1, 0.15) is 37.9 Å². The summed E-state index contributed by atoms with van der Waals surface area (Å²) in [6.07, 6.45) is 0. The van der Waals surface area contributed by atoms with E-state index in [0.717, 1.165) is 5.56 Å². The van der Waals surface area contributed by atoms with Crippen molar-refractivity contribution in [3.8, 4) is 0 Å². The molecule has 174 valence electrons. The van der Waals surface area contributed by atoms with Crippen LogP contribution in [0.4, 0.5) is 5.69 Å². The maximum atomic E-state index is 14.2. The lowest BCUT2D eigenvalue weighted by Crippen LogP contribution is -2.59. The monoisotopic (exact) mass is 505 g/mol. The molecular formula is C27H17Cl2NO5. The van der Waals surface area contributed by atoms with Crippen molar-refractivity contribution in [2.75, 3.05) is 4.90 Å². The molecule has 2 fully saturated rings. The van der Waals surface area contributed by atoms with Crippen molar-refractivity contribution in [1.29, 1.82) is 0 Å². The molecule has 2 saturated heterocycles. The average Bonchev–Trinajstić information content (AvgIpc) is 3.39. The summed E-state index contributed by atoms with van der Waals surface area (Å²) in [6, 6.07) is 17.6. The number of hydrogen-bond acceptors (Lipinski definition) is 6. The Morgan fingerprint density at radius 3 is 2.06 bits per heavy atom. The van der Waals surface area contributed by atoms with Gasteiger partial charge in [0.25, 0.3) is 0 Å². The minimum absolute atomic E-state index is 0.186. The number of carbonyl (C=O) groups excluding carboxylic acids is 4. The molecular weight excluding hydrogens is 489 g/mol. The molecule has 6 rings (SSSR count). The molecule has 2 aliphatic heterocycles. The molecule has 0 radical (unpaired) electrons. The van der Waals surface area contributed by atoms with Crippen LogP contribution in [-0.4, -0.2) is 29.0 Å². The van der Waals surface area contributed by atoms with Gasteiger partial charge in [-0.3, -0.25) is 19.2 Å². The number of fused-ring (bicyclic) bond motifs is 3. The first kappa shape index (κ1) is 22.0. The predicted molar refractivity (Wildman–Crippen MR) is 129 cm³/mol. The number of ketones is 2. The van der Waals surface area contributed by atoms with E-state index in [0.29, 0.717) is 16.3 Å². The number of aryl methyl sites for hydroxylation is 1. The summed E-state index contributed by atoms with van der Waals surface area (Å²) in [6.45, 7) is 1.92. The van der Waals surface area contributed by atoms with Crippen LogP contribution in [0.15, 0.2) is 66.7 Å². The van der Waals surface area contributed by atoms with Gasteiger partial charge in [0.2, 0.25) is 0 Å². The summed E-state index contributed by atoms with van der Waals surface area (Å²) in [4.78, 5) is 56.2. The van der Waals surface area contributed by atoms with Crippen LogP contribution in [0.25, 0.3) is 0 Å². The highest BCUT2D eigenvalue weighted by Gasteiger charge is 2.76. The molecule has 35 heavy (non-hydrogen) atoms. The summed E-state index contributed by atoms with van der Waals surface area (Å²) in [7, 11) is 0. The average molecular weight is 506 g/mol. The summed E-state index contributed by atoms with van der Waals surface area (Å²) in [5.74, 6) is -5.19. The third-order valence-electron chi connectivity index (χ3n) is 7.23. The second kappa shape index (κ2) is 7.51. The van der Waals surface area contributed by atoms with Crippen molar-refractivity contribution >= 4 is 52.4 Å². The standard InChI is InChI=1S/C27H17Cl2NO5/c1-13-6-8-14(9-7-13)22-20-21(26(34)35-25(20)33)27(30(22)19-11-10-15(28)12-18(19)29)23(31)16-4-2-3-5-17(16)24(27)32/h2-12,20-22H,1H3/t20-,21+,22-/m0/s1. The first-order valence-corrected chi connectivity index (χ1v) is 11.8. The largest absolute Gasteiger partial charge is 0.393 e. The Hall–Kier alpha value is -3.48. The van der Waals surface area contributed by atoms with Crippen LogP contribution in [0, 0.1) is 18.8 Å². The Morgan fingerprint density at radius 1 is 0.829 bits per heavy atom. The van der Waals surface area contributed by atoms with Gasteiger partial charge in [-0.05, 0) is 30.7 Å². The first-order chi connectivity index (χ1) is 16.8. The first-order valence-electron chi connectivity index (χ1n) is 11.0. The van der Waals surface area contributed by atoms with Crippen LogP contribution in [0.3, 0.4) is 0 Å². The number of ether oxygens (including phenoxy) is 1. The Bertz CT molecular complexity index is 1430. The van der Waals surface area contributed by atoms with Gasteiger partial charge < -0.3 is 9.64 Å². The van der Waals surface area contributed by atoms with Crippen molar-refractivity contribution < 1.29 is 23.9 Å². The molecule has 3 atom stereocenters. The number of rotatable bonds is 2. The zero-order chi connectivity index (χ0) is 24.6. The molecule has 0 saturated carbocycles. The van der Waals surface area contributed by atoms with Gasteiger partial charge in [-0.25, -0.2) is 0 Å². The molecule has 0 aromatic heterocycles. The number of Topliss-reactive ketones (excluding diaryl/α,β-unsaturated/α-hetero) is 2. The number of cyclic esters (lactones) is 2. The number of nitrogens with zero attached hydrogens (tertiary/aromatic N) is 1. The van der Waals surface area contributed by atoms with Gasteiger partial charge in [0.15, 0.2) is 17.1 Å². The van der Waals surface area contributed by atoms with Crippen molar-refractivity contribution in [2.24, 2.45) is 11.8 Å². The van der Waals surface area contributed by atoms with E-state index in [9.17, 15) is 19.2 Å². The summed E-state index contributed by atoms with van der Waals surface area (Å²) in [5.41, 5.74) is 0.332. The fraction of sp³-hybridized carbons (Fsp3) is 0.185. The van der Waals surface area contributed by atoms with Crippen LogP contribution in [0.2, 0.25) is 10.0 Å². The molecule has 2 heterocycles. The van der Waals surface area contributed by atoms with E-state index in [1.54, 1.807) is 41.3 Å². The van der Waals surface area contributed by atoms with Crippen LogP contribution < -0.4 is 4.90 Å². The van der Waals surface area contributed by atoms with Crippen LogP contribution in [-0.2, 0) is 14.3 Å². The molecule has 3 aromatic carbocycles. The summed E-state index contributed by atoms with van der Waals surface area (Å²) >= 11 is 12.8. The molecule has 3 aliphatic rings. The fourth-order valence-corrected chi connectivity index (χ4v) is 6.31. The van der Waals surface area contributed by atoms with E-state index in [2.05, 4.69) is 0 Å². The van der Waals surface area contributed by atoms with Crippen LogP contribution in [0.5, 0.6) is 0 Å². The topological polar surface area (TPSA) is 80.8 Å². The molecule has 1 aliphatic carbocycles. The molecule has 0 unspecified atom stereocenters. The van der Waals surface area contributed by atoms with Gasteiger partial charge in [0, 0.05) is 16.1 Å². The number of halogens is 2. The molecule has 0 N–H and O–H groups in total. The molecule has 0 amide bonds. The highest BCUT2D eigenvalue weighted by Crippen LogP contribution is 2.60. The smallest absolute Gasteiger partial charge is 0.320 e. The van der Waals surface area contributed by atoms with E-state index in [-0.39, 0.29) is 16.1 Å². The van der Waals surface area contributed by atoms with Gasteiger partial charge in [-0.2, -0.15) is 0 Å². The lowest BCUT2D eigenvalue weighted by molar-refractivity contribution is -0.154. The Balaban J connectivity index is 1.70. The molecule has 8 heteroatoms. The van der Waals surface area contributed by atoms with Gasteiger partial charge in [-0.1, -0.05) is 77.3 Å². The van der Waals surface area contributed by atoms with E-state index in [1.807, 2.05) is 31.2 Å². The van der Waals surface area contributed by atoms with Gasteiger partial charge in [0.1, 0.15) is 5.92 Å². The maximum Gasteiger partial charge on any atom is 0.320 e. The number of carbonyl (C=O) groups is 4. The van der Waals surface area contributed by atoms with Gasteiger partial charge >= 0.3 is 11.9 Å². The lowest BCUT2D eigenvalue weighted by atomic mass is 9.76. The molecule has 0 bridgehead atoms. The van der Waals surface area contributed by atoms with Crippen molar-refractivity contribution in [2.45, 2.75) is 18.5 Å². The number of benzene rings is 3. The second-order valence-electron chi connectivity index (χ2n) is 9.04. The van der Waals surface area contributed by atoms with Gasteiger partial charge in [-0.15, -0.1) is 0 Å². The number of anilines is 1. The zero-order valence-corrected chi connectivity index (χ0v) is 19.8. The minimum Gasteiger partial charge on any atom is -0.393 e. The second-order valence-corrected chi connectivity index (χ2v) is 9.88. The van der Waals surface area contributed by atoms with E-state index in [4.69, 9.17) is 27.9 Å². The third kappa shape index (κ3) is 2.78. The maximum absolute atomic E-state index is 14.2. The molecule has 3 aromatic rings. The molecule has 6 nitrogen and oxygen atoms in total. The fourth-order valence-electron chi connectivity index (χ4n) is 5.82. The van der Waals surface area contributed by atoms with Crippen molar-refractivity contribution in [3.63, 3.8) is 0 Å². The number of esters is 2. The van der Waals surface area contributed by atoms with E-state index < -0.39 is 46.9 Å². The number of hydrogen-bond donors (Lipinski definition) is 0. The van der Waals surface area contributed by atoms with Crippen LogP contribution >= 0.6 is 23.2 Å².